The summed E-state index contributed by atoms with van der Waals surface area (Å²) in [6.07, 6.45) is 1.59. The lowest BCUT2D eigenvalue weighted by atomic mass is 10.0. The molecule has 0 aliphatic carbocycles. The SMILES string of the molecule is Cc1ccccc1[C@@H](C)NC(=O)Nc1ccc2c(=O)[nH]ccc2c1. The molecule has 3 rings (SSSR count). The number of rotatable bonds is 3. The third-order valence-corrected chi connectivity index (χ3v) is 4.03. The first-order valence-electron chi connectivity index (χ1n) is 7.79. The number of amides is 2. The van der Waals surface area contributed by atoms with E-state index in [4.69, 9.17) is 0 Å². The average molecular weight is 321 g/mol. The summed E-state index contributed by atoms with van der Waals surface area (Å²) in [7, 11) is 0. The lowest BCUT2D eigenvalue weighted by Crippen LogP contribution is -2.31. The standard InChI is InChI=1S/C19H19N3O2/c1-12-5-3-4-6-16(12)13(2)21-19(24)22-15-7-8-17-14(11-15)9-10-20-18(17)23/h3-11,13H,1-2H3,(H,20,23)(H2,21,22,24)/t13-/m1/s1. The second kappa shape index (κ2) is 6.58. The summed E-state index contributed by atoms with van der Waals surface area (Å²) in [5.41, 5.74) is 2.71. The zero-order valence-electron chi connectivity index (χ0n) is 13.6. The second-order valence-corrected chi connectivity index (χ2v) is 5.79. The van der Waals surface area contributed by atoms with Gasteiger partial charge >= 0.3 is 6.03 Å². The molecular weight excluding hydrogens is 302 g/mol. The Labute approximate surface area is 139 Å². The number of H-pyrrole nitrogens is 1. The molecule has 0 radical (unpaired) electrons. The van der Waals surface area contributed by atoms with Crippen LogP contribution in [0.2, 0.25) is 0 Å². The van der Waals surface area contributed by atoms with Crippen molar-refractivity contribution >= 4 is 22.5 Å². The predicted octanol–water partition coefficient (Wildman–Crippen LogP) is 3.72. The summed E-state index contributed by atoms with van der Waals surface area (Å²) in [6.45, 7) is 3.97. The number of aromatic amines is 1. The van der Waals surface area contributed by atoms with Gasteiger partial charge in [-0.3, -0.25) is 4.79 Å². The monoisotopic (exact) mass is 321 g/mol. The van der Waals surface area contributed by atoms with E-state index < -0.39 is 0 Å². The van der Waals surface area contributed by atoms with E-state index in [-0.39, 0.29) is 17.6 Å². The number of benzene rings is 2. The lowest BCUT2D eigenvalue weighted by molar-refractivity contribution is 0.249. The first-order valence-corrected chi connectivity index (χ1v) is 7.79. The number of anilines is 1. The Balaban J connectivity index is 1.73. The Kier molecular flexibility index (Phi) is 4.33. The first kappa shape index (κ1) is 15.8. The van der Waals surface area contributed by atoms with Gasteiger partial charge in [-0.15, -0.1) is 0 Å². The number of carbonyl (C=O) groups excluding carboxylic acids is 1. The minimum Gasteiger partial charge on any atom is -0.331 e. The summed E-state index contributed by atoms with van der Waals surface area (Å²) in [5, 5.41) is 7.11. The molecule has 1 heterocycles. The highest BCUT2D eigenvalue weighted by Gasteiger charge is 2.11. The maximum atomic E-state index is 12.2. The van der Waals surface area contributed by atoms with Gasteiger partial charge in [0.25, 0.3) is 5.56 Å². The van der Waals surface area contributed by atoms with Crippen molar-refractivity contribution < 1.29 is 4.79 Å². The van der Waals surface area contributed by atoms with Crippen LogP contribution in [0.5, 0.6) is 0 Å². The van der Waals surface area contributed by atoms with Crippen LogP contribution in [-0.4, -0.2) is 11.0 Å². The smallest absolute Gasteiger partial charge is 0.319 e. The van der Waals surface area contributed by atoms with Gasteiger partial charge in [0.2, 0.25) is 0 Å². The summed E-state index contributed by atoms with van der Waals surface area (Å²) < 4.78 is 0. The number of aryl methyl sites for hydroxylation is 1. The van der Waals surface area contributed by atoms with Crippen LogP contribution in [0.15, 0.2) is 59.5 Å². The highest BCUT2D eigenvalue weighted by atomic mass is 16.2. The summed E-state index contributed by atoms with van der Waals surface area (Å²) in [6, 6.07) is 14.6. The van der Waals surface area contributed by atoms with Crippen LogP contribution in [0, 0.1) is 6.92 Å². The van der Waals surface area contributed by atoms with E-state index in [0.29, 0.717) is 11.1 Å². The van der Waals surface area contributed by atoms with Crippen molar-refractivity contribution in [1.29, 1.82) is 0 Å². The number of hydrogen-bond donors (Lipinski definition) is 3. The fourth-order valence-corrected chi connectivity index (χ4v) is 2.78. The van der Waals surface area contributed by atoms with Gasteiger partial charge in [-0.1, -0.05) is 24.3 Å². The molecule has 1 atom stereocenters. The minimum absolute atomic E-state index is 0.102. The molecule has 3 N–H and O–H groups in total. The molecule has 3 aromatic rings. The lowest BCUT2D eigenvalue weighted by Gasteiger charge is -2.17. The molecular formula is C19H19N3O2. The molecule has 0 saturated heterocycles. The highest BCUT2D eigenvalue weighted by molar-refractivity contribution is 5.93. The van der Waals surface area contributed by atoms with Crippen LogP contribution in [0.25, 0.3) is 10.8 Å². The van der Waals surface area contributed by atoms with Gasteiger partial charge in [0, 0.05) is 17.3 Å². The molecule has 0 fully saturated rings. The quantitative estimate of drug-likeness (QED) is 0.688. The summed E-state index contributed by atoms with van der Waals surface area (Å²) >= 11 is 0. The molecule has 0 unspecified atom stereocenters. The second-order valence-electron chi connectivity index (χ2n) is 5.79. The van der Waals surface area contributed by atoms with Gasteiger partial charge in [0.15, 0.2) is 0 Å². The Morgan fingerprint density at radius 1 is 1.12 bits per heavy atom. The van der Waals surface area contributed by atoms with Crippen LogP contribution >= 0.6 is 0 Å². The molecule has 122 valence electrons. The fourth-order valence-electron chi connectivity index (χ4n) is 2.78. The molecule has 0 aliphatic rings. The molecule has 0 bridgehead atoms. The van der Waals surface area contributed by atoms with Crippen molar-refractivity contribution in [3.8, 4) is 0 Å². The molecule has 0 spiro atoms. The van der Waals surface area contributed by atoms with Crippen LogP contribution in [0.1, 0.15) is 24.1 Å². The maximum absolute atomic E-state index is 12.2. The largest absolute Gasteiger partial charge is 0.331 e. The van der Waals surface area contributed by atoms with E-state index in [2.05, 4.69) is 15.6 Å². The van der Waals surface area contributed by atoms with Crippen LogP contribution in [0.4, 0.5) is 10.5 Å². The van der Waals surface area contributed by atoms with Crippen LogP contribution < -0.4 is 16.2 Å². The topological polar surface area (TPSA) is 74.0 Å². The number of carbonyl (C=O) groups is 1. The van der Waals surface area contributed by atoms with E-state index >= 15 is 0 Å². The van der Waals surface area contributed by atoms with Gasteiger partial charge in [0.05, 0.1) is 6.04 Å². The maximum Gasteiger partial charge on any atom is 0.319 e. The van der Waals surface area contributed by atoms with Gasteiger partial charge in [0.1, 0.15) is 0 Å². The molecule has 24 heavy (non-hydrogen) atoms. The van der Waals surface area contributed by atoms with Crippen molar-refractivity contribution in [2.75, 3.05) is 5.32 Å². The molecule has 5 heteroatoms. The molecule has 0 saturated carbocycles. The highest BCUT2D eigenvalue weighted by Crippen LogP contribution is 2.18. The number of pyridine rings is 1. The number of hydrogen-bond acceptors (Lipinski definition) is 2. The zero-order chi connectivity index (χ0) is 17.1. The predicted molar refractivity (Wildman–Crippen MR) is 96.3 cm³/mol. The summed E-state index contributed by atoms with van der Waals surface area (Å²) in [5.74, 6) is 0. The van der Waals surface area contributed by atoms with E-state index in [1.165, 1.54) is 0 Å². The summed E-state index contributed by atoms with van der Waals surface area (Å²) in [4.78, 5) is 26.5. The van der Waals surface area contributed by atoms with Crippen molar-refractivity contribution in [2.24, 2.45) is 0 Å². The third kappa shape index (κ3) is 3.30. The van der Waals surface area contributed by atoms with E-state index in [1.807, 2.05) is 38.1 Å². The number of aromatic nitrogens is 1. The van der Waals surface area contributed by atoms with E-state index in [0.717, 1.165) is 16.5 Å². The van der Waals surface area contributed by atoms with Gasteiger partial charge in [-0.25, -0.2) is 4.79 Å². The molecule has 2 amide bonds. The average Bonchev–Trinajstić information content (AvgIpc) is 2.55. The third-order valence-electron chi connectivity index (χ3n) is 4.03. The normalized spacial score (nSPS) is 11.9. The van der Waals surface area contributed by atoms with Crippen LogP contribution in [-0.2, 0) is 0 Å². The Hall–Kier alpha value is -3.08. The van der Waals surface area contributed by atoms with E-state index in [1.54, 1.807) is 30.5 Å². The Morgan fingerprint density at radius 3 is 2.71 bits per heavy atom. The van der Waals surface area contributed by atoms with Crippen molar-refractivity contribution in [1.82, 2.24) is 10.3 Å². The van der Waals surface area contributed by atoms with Crippen molar-refractivity contribution in [2.45, 2.75) is 19.9 Å². The van der Waals surface area contributed by atoms with Crippen LogP contribution in [0.3, 0.4) is 0 Å². The fraction of sp³-hybridized carbons (Fsp3) is 0.158. The Morgan fingerprint density at radius 2 is 1.92 bits per heavy atom. The zero-order valence-corrected chi connectivity index (χ0v) is 13.6. The molecule has 1 aromatic heterocycles. The number of fused-ring (bicyclic) bond motifs is 1. The molecule has 5 nitrogen and oxygen atoms in total. The Bertz CT molecular complexity index is 946. The number of urea groups is 1. The van der Waals surface area contributed by atoms with E-state index in [9.17, 15) is 9.59 Å². The van der Waals surface area contributed by atoms with Crippen molar-refractivity contribution in [3.05, 3.63) is 76.2 Å². The number of nitrogens with one attached hydrogen (secondary N) is 3. The molecule has 2 aromatic carbocycles. The first-order chi connectivity index (χ1) is 11.5. The van der Waals surface area contributed by atoms with Crippen molar-refractivity contribution in [3.63, 3.8) is 0 Å². The van der Waals surface area contributed by atoms with Gasteiger partial charge in [-0.05, 0) is 54.6 Å². The molecule has 0 aliphatic heterocycles. The van der Waals surface area contributed by atoms with Gasteiger partial charge < -0.3 is 15.6 Å². The minimum atomic E-state index is -0.282. The van der Waals surface area contributed by atoms with Gasteiger partial charge in [-0.2, -0.15) is 0 Å².